The number of Topliss-reactive ketones (excluding diaryl/α,β-unsaturated/α-hetero) is 1. The zero-order valence-electron chi connectivity index (χ0n) is 10.8. The number of benzene rings is 2. The Kier molecular flexibility index (Phi) is 3.79. The van der Waals surface area contributed by atoms with Crippen molar-refractivity contribution in [3.05, 3.63) is 53.3 Å². The quantitative estimate of drug-likeness (QED) is 0.795. The van der Waals surface area contributed by atoms with Crippen molar-refractivity contribution in [1.29, 1.82) is 0 Å². The SMILES string of the molecule is COc1cc(F)c(-c2cc(C(C)=O)ccc2F)c(F)c1. The van der Waals surface area contributed by atoms with Gasteiger partial charge in [-0.25, -0.2) is 13.2 Å². The van der Waals surface area contributed by atoms with Crippen LogP contribution in [0.1, 0.15) is 17.3 Å². The lowest BCUT2D eigenvalue weighted by molar-refractivity contribution is 0.101. The zero-order valence-corrected chi connectivity index (χ0v) is 10.8. The molecule has 0 radical (unpaired) electrons. The first-order valence-electron chi connectivity index (χ1n) is 5.78. The van der Waals surface area contributed by atoms with Gasteiger partial charge in [0, 0.05) is 23.3 Å². The average molecular weight is 280 g/mol. The number of ether oxygens (including phenoxy) is 1. The lowest BCUT2D eigenvalue weighted by Crippen LogP contribution is -1.98. The summed E-state index contributed by atoms with van der Waals surface area (Å²) in [5.41, 5.74) is -0.641. The molecule has 2 rings (SSSR count). The molecule has 0 fully saturated rings. The van der Waals surface area contributed by atoms with Crippen LogP contribution < -0.4 is 4.74 Å². The molecule has 0 bridgehead atoms. The summed E-state index contributed by atoms with van der Waals surface area (Å²) in [6.45, 7) is 1.29. The smallest absolute Gasteiger partial charge is 0.159 e. The Morgan fingerprint density at radius 3 is 2.10 bits per heavy atom. The van der Waals surface area contributed by atoms with Crippen LogP contribution in [-0.2, 0) is 0 Å². The van der Waals surface area contributed by atoms with Gasteiger partial charge in [0.2, 0.25) is 0 Å². The van der Waals surface area contributed by atoms with Crippen molar-refractivity contribution < 1.29 is 22.7 Å². The first kappa shape index (κ1) is 14.1. The summed E-state index contributed by atoms with van der Waals surface area (Å²) in [6.07, 6.45) is 0. The van der Waals surface area contributed by atoms with E-state index in [-0.39, 0.29) is 22.7 Å². The minimum absolute atomic E-state index is 0.00752. The van der Waals surface area contributed by atoms with Gasteiger partial charge in [-0.15, -0.1) is 0 Å². The molecule has 0 spiro atoms. The molecule has 0 aliphatic heterocycles. The highest BCUT2D eigenvalue weighted by Crippen LogP contribution is 2.32. The molecule has 0 amide bonds. The highest BCUT2D eigenvalue weighted by molar-refractivity contribution is 5.95. The molecule has 0 atom stereocenters. The number of carbonyl (C=O) groups is 1. The Morgan fingerprint density at radius 2 is 1.60 bits per heavy atom. The van der Waals surface area contributed by atoms with Gasteiger partial charge >= 0.3 is 0 Å². The summed E-state index contributed by atoms with van der Waals surface area (Å²) >= 11 is 0. The van der Waals surface area contributed by atoms with Crippen LogP contribution >= 0.6 is 0 Å². The van der Waals surface area contributed by atoms with E-state index in [4.69, 9.17) is 4.74 Å². The molecule has 2 aromatic carbocycles. The van der Waals surface area contributed by atoms with Crippen LogP contribution in [0.25, 0.3) is 11.1 Å². The van der Waals surface area contributed by atoms with Gasteiger partial charge in [-0.2, -0.15) is 0 Å². The summed E-state index contributed by atoms with van der Waals surface area (Å²) in [4.78, 5) is 11.3. The van der Waals surface area contributed by atoms with Crippen LogP contribution in [0.2, 0.25) is 0 Å². The molecule has 5 heteroatoms. The van der Waals surface area contributed by atoms with E-state index in [0.29, 0.717) is 0 Å². The molecular formula is C15H11F3O2. The third-order valence-electron chi connectivity index (χ3n) is 2.89. The van der Waals surface area contributed by atoms with Crippen LogP contribution in [-0.4, -0.2) is 12.9 Å². The molecule has 0 saturated heterocycles. The molecule has 20 heavy (non-hydrogen) atoms. The topological polar surface area (TPSA) is 26.3 Å². The van der Waals surface area contributed by atoms with E-state index in [2.05, 4.69) is 0 Å². The Hall–Kier alpha value is -2.30. The lowest BCUT2D eigenvalue weighted by Gasteiger charge is -2.10. The molecule has 0 heterocycles. The van der Waals surface area contributed by atoms with Crippen molar-refractivity contribution in [2.24, 2.45) is 0 Å². The van der Waals surface area contributed by atoms with Gasteiger partial charge in [0.1, 0.15) is 23.2 Å². The van der Waals surface area contributed by atoms with E-state index in [0.717, 1.165) is 24.3 Å². The van der Waals surface area contributed by atoms with Gasteiger partial charge in [-0.1, -0.05) is 0 Å². The van der Waals surface area contributed by atoms with Crippen LogP contribution in [0, 0.1) is 17.5 Å². The normalized spacial score (nSPS) is 10.4. The second-order valence-electron chi connectivity index (χ2n) is 4.22. The maximum atomic E-state index is 13.9. The third kappa shape index (κ3) is 2.52. The number of halogens is 3. The van der Waals surface area contributed by atoms with Crippen molar-refractivity contribution >= 4 is 5.78 Å². The first-order chi connectivity index (χ1) is 9.43. The van der Waals surface area contributed by atoms with Gasteiger partial charge in [0.05, 0.1) is 12.7 Å². The highest BCUT2D eigenvalue weighted by Gasteiger charge is 2.18. The fourth-order valence-corrected chi connectivity index (χ4v) is 1.86. The Bertz CT molecular complexity index is 658. The third-order valence-corrected chi connectivity index (χ3v) is 2.89. The van der Waals surface area contributed by atoms with Gasteiger partial charge in [0.25, 0.3) is 0 Å². The number of methoxy groups -OCH3 is 1. The summed E-state index contributed by atoms with van der Waals surface area (Å²) in [6, 6.07) is 5.32. The number of hydrogen-bond donors (Lipinski definition) is 0. The van der Waals surface area contributed by atoms with Gasteiger partial charge in [-0.3, -0.25) is 4.79 Å². The Morgan fingerprint density at radius 1 is 1.00 bits per heavy atom. The second kappa shape index (κ2) is 5.36. The monoisotopic (exact) mass is 280 g/mol. The van der Waals surface area contributed by atoms with E-state index >= 15 is 0 Å². The largest absolute Gasteiger partial charge is 0.497 e. The molecule has 0 N–H and O–H groups in total. The van der Waals surface area contributed by atoms with Gasteiger partial charge < -0.3 is 4.74 Å². The van der Waals surface area contributed by atoms with Crippen LogP contribution in [0.15, 0.2) is 30.3 Å². The fourth-order valence-electron chi connectivity index (χ4n) is 1.86. The Labute approximate surface area is 113 Å². The maximum Gasteiger partial charge on any atom is 0.159 e. The molecule has 2 nitrogen and oxygen atoms in total. The van der Waals surface area contributed by atoms with Crippen molar-refractivity contribution in [1.82, 2.24) is 0 Å². The average Bonchev–Trinajstić information content (AvgIpc) is 2.39. The van der Waals surface area contributed by atoms with E-state index in [1.165, 1.54) is 20.1 Å². The summed E-state index contributed by atoms with van der Waals surface area (Å²) in [5, 5.41) is 0. The first-order valence-corrected chi connectivity index (χ1v) is 5.78. The van der Waals surface area contributed by atoms with Gasteiger partial charge in [-0.05, 0) is 25.1 Å². The van der Waals surface area contributed by atoms with Crippen molar-refractivity contribution in [2.75, 3.05) is 7.11 Å². The van der Waals surface area contributed by atoms with Crippen molar-refractivity contribution in [3.8, 4) is 16.9 Å². The molecule has 2 aromatic rings. The zero-order chi connectivity index (χ0) is 14.9. The minimum atomic E-state index is -0.957. The molecule has 0 aliphatic rings. The van der Waals surface area contributed by atoms with E-state index in [9.17, 15) is 18.0 Å². The molecule has 0 unspecified atom stereocenters. The van der Waals surface area contributed by atoms with E-state index in [1.54, 1.807) is 0 Å². The number of carbonyl (C=O) groups excluding carboxylic acids is 1. The van der Waals surface area contributed by atoms with Crippen LogP contribution in [0.5, 0.6) is 5.75 Å². The van der Waals surface area contributed by atoms with Crippen molar-refractivity contribution in [3.63, 3.8) is 0 Å². The highest BCUT2D eigenvalue weighted by atomic mass is 19.1. The maximum absolute atomic E-state index is 13.9. The fraction of sp³-hybridized carbons (Fsp3) is 0.133. The molecular weight excluding hydrogens is 269 g/mol. The van der Waals surface area contributed by atoms with Crippen molar-refractivity contribution in [2.45, 2.75) is 6.92 Å². The minimum Gasteiger partial charge on any atom is -0.497 e. The Balaban J connectivity index is 2.68. The lowest BCUT2D eigenvalue weighted by atomic mass is 10.00. The van der Waals surface area contributed by atoms with E-state index < -0.39 is 23.0 Å². The summed E-state index contributed by atoms with van der Waals surface area (Å²) < 4.78 is 46.4. The molecule has 104 valence electrons. The number of ketones is 1. The molecule has 0 aliphatic carbocycles. The summed E-state index contributed by atoms with van der Waals surface area (Å²) in [5.74, 6) is -3.05. The predicted octanol–water partition coefficient (Wildman–Crippen LogP) is 3.98. The number of rotatable bonds is 3. The predicted molar refractivity (Wildman–Crippen MR) is 68.3 cm³/mol. The van der Waals surface area contributed by atoms with Crippen LogP contribution in [0.4, 0.5) is 13.2 Å². The van der Waals surface area contributed by atoms with Gasteiger partial charge in [0.15, 0.2) is 5.78 Å². The standard InChI is InChI=1S/C15H11F3O2/c1-8(19)9-3-4-12(16)11(5-9)15-13(17)6-10(20-2)7-14(15)18/h3-7H,1-2H3. The molecule has 0 saturated carbocycles. The second-order valence-corrected chi connectivity index (χ2v) is 4.22. The number of hydrogen-bond acceptors (Lipinski definition) is 2. The molecule has 0 aromatic heterocycles. The van der Waals surface area contributed by atoms with Crippen LogP contribution in [0.3, 0.4) is 0 Å². The van der Waals surface area contributed by atoms with E-state index in [1.807, 2.05) is 0 Å². The summed E-state index contributed by atoms with van der Waals surface area (Å²) in [7, 11) is 1.27.